The summed E-state index contributed by atoms with van der Waals surface area (Å²) in [6.07, 6.45) is 0.446. The monoisotopic (exact) mass is 374 g/mol. The van der Waals surface area contributed by atoms with Crippen molar-refractivity contribution in [3.63, 3.8) is 0 Å². The fourth-order valence-corrected chi connectivity index (χ4v) is 3.53. The summed E-state index contributed by atoms with van der Waals surface area (Å²) in [6.45, 7) is 5.89. The van der Waals surface area contributed by atoms with Crippen LogP contribution in [-0.2, 0) is 23.1 Å². The molecule has 0 radical (unpaired) electrons. The number of rotatable bonds is 5. The lowest BCUT2D eigenvalue weighted by Gasteiger charge is -2.17. The van der Waals surface area contributed by atoms with Crippen LogP contribution in [0, 0.1) is 13.8 Å². The molecule has 1 aromatic carbocycles. The predicted molar refractivity (Wildman–Crippen MR) is 101 cm³/mol. The van der Waals surface area contributed by atoms with E-state index in [1.165, 1.54) is 0 Å². The Morgan fingerprint density at radius 1 is 1.42 bits per heavy atom. The summed E-state index contributed by atoms with van der Waals surface area (Å²) < 4.78 is 1.82. The normalized spacial score (nSPS) is 17.6. The van der Waals surface area contributed by atoms with E-state index < -0.39 is 6.10 Å². The fraction of sp³-hybridized carbons (Fsp3) is 0.421. The Kier molecular flexibility index (Phi) is 5.32. The van der Waals surface area contributed by atoms with Crippen LogP contribution in [0.5, 0.6) is 0 Å². The first-order valence-corrected chi connectivity index (χ1v) is 9.00. The molecule has 138 valence electrons. The number of carbonyl (C=O) groups is 1. The average Bonchev–Trinajstić information content (AvgIpc) is 3.14. The summed E-state index contributed by atoms with van der Waals surface area (Å²) in [5.74, 6) is -0.168. The molecule has 1 aliphatic heterocycles. The van der Waals surface area contributed by atoms with Crippen LogP contribution in [0.25, 0.3) is 0 Å². The SMILES string of the molecule is Cc1nn(C)c(C)c1C(C)NC(=O)C1CC(Cc2ccccc2Cl)=NO1. The molecule has 1 aliphatic rings. The number of halogens is 1. The molecule has 7 heteroatoms. The van der Waals surface area contributed by atoms with Gasteiger partial charge in [0.25, 0.3) is 5.91 Å². The Morgan fingerprint density at radius 3 is 2.81 bits per heavy atom. The van der Waals surface area contributed by atoms with Crippen molar-refractivity contribution in [3.8, 4) is 0 Å². The highest BCUT2D eigenvalue weighted by Gasteiger charge is 2.30. The molecular weight excluding hydrogens is 352 g/mol. The second kappa shape index (κ2) is 7.50. The molecule has 2 atom stereocenters. The summed E-state index contributed by atoms with van der Waals surface area (Å²) in [6, 6.07) is 7.47. The molecule has 1 N–H and O–H groups in total. The summed E-state index contributed by atoms with van der Waals surface area (Å²) in [4.78, 5) is 17.9. The van der Waals surface area contributed by atoms with E-state index in [9.17, 15) is 4.79 Å². The predicted octanol–water partition coefficient (Wildman–Crippen LogP) is 3.26. The first kappa shape index (κ1) is 18.5. The highest BCUT2D eigenvalue weighted by molar-refractivity contribution is 6.31. The number of benzene rings is 1. The molecule has 3 rings (SSSR count). The molecule has 2 unspecified atom stereocenters. The van der Waals surface area contributed by atoms with Crippen molar-refractivity contribution in [1.29, 1.82) is 0 Å². The van der Waals surface area contributed by atoms with E-state index in [1.54, 1.807) is 0 Å². The van der Waals surface area contributed by atoms with Crippen LogP contribution in [-0.4, -0.2) is 27.5 Å². The van der Waals surface area contributed by atoms with Gasteiger partial charge in [-0.3, -0.25) is 9.48 Å². The molecule has 0 saturated heterocycles. The molecule has 26 heavy (non-hydrogen) atoms. The van der Waals surface area contributed by atoms with E-state index in [0.717, 1.165) is 28.2 Å². The molecule has 0 saturated carbocycles. The third-order valence-electron chi connectivity index (χ3n) is 4.73. The number of amides is 1. The van der Waals surface area contributed by atoms with Gasteiger partial charge in [0.15, 0.2) is 0 Å². The molecule has 0 aliphatic carbocycles. The van der Waals surface area contributed by atoms with E-state index >= 15 is 0 Å². The summed E-state index contributed by atoms with van der Waals surface area (Å²) in [5, 5.41) is 12.2. The Morgan fingerprint density at radius 2 is 2.15 bits per heavy atom. The highest BCUT2D eigenvalue weighted by Crippen LogP contribution is 2.23. The third-order valence-corrected chi connectivity index (χ3v) is 5.10. The summed E-state index contributed by atoms with van der Waals surface area (Å²) in [7, 11) is 1.90. The number of hydrogen-bond donors (Lipinski definition) is 1. The third kappa shape index (κ3) is 3.75. The maximum absolute atomic E-state index is 12.6. The molecule has 2 aromatic rings. The number of carbonyl (C=O) groups excluding carboxylic acids is 1. The van der Waals surface area contributed by atoms with Gasteiger partial charge in [-0.2, -0.15) is 5.10 Å². The maximum Gasteiger partial charge on any atom is 0.264 e. The van der Waals surface area contributed by atoms with Gasteiger partial charge in [0.05, 0.1) is 17.4 Å². The molecule has 1 amide bonds. The van der Waals surface area contributed by atoms with Crippen molar-refractivity contribution in [2.24, 2.45) is 12.2 Å². The molecular formula is C19H23ClN4O2. The van der Waals surface area contributed by atoms with Gasteiger partial charge < -0.3 is 10.2 Å². The molecule has 0 spiro atoms. The molecule has 6 nitrogen and oxygen atoms in total. The van der Waals surface area contributed by atoms with Crippen molar-refractivity contribution in [1.82, 2.24) is 15.1 Å². The highest BCUT2D eigenvalue weighted by atomic mass is 35.5. The van der Waals surface area contributed by atoms with Gasteiger partial charge in [-0.05, 0) is 32.4 Å². The second-order valence-electron chi connectivity index (χ2n) is 6.66. The zero-order chi connectivity index (χ0) is 18.8. The first-order valence-electron chi connectivity index (χ1n) is 8.62. The summed E-state index contributed by atoms with van der Waals surface area (Å²) in [5.41, 5.74) is 4.79. The topological polar surface area (TPSA) is 68.5 Å². The fourth-order valence-electron chi connectivity index (χ4n) is 3.33. The minimum Gasteiger partial charge on any atom is -0.382 e. The lowest BCUT2D eigenvalue weighted by atomic mass is 10.0. The first-order chi connectivity index (χ1) is 12.4. The van der Waals surface area contributed by atoms with Crippen LogP contribution in [0.2, 0.25) is 5.02 Å². The van der Waals surface area contributed by atoms with Crippen molar-refractivity contribution < 1.29 is 9.63 Å². The molecule has 1 aromatic heterocycles. The second-order valence-corrected chi connectivity index (χ2v) is 7.07. The van der Waals surface area contributed by atoms with E-state index in [0.29, 0.717) is 17.9 Å². The standard InChI is InChI=1S/C19H23ClN4O2/c1-11(18-12(2)22-24(4)13(18)3)21-19(25)17-10-15(23-26-17)9-14-7-5-6-8-16(14)20/h5-8,11,17H,9-10H2,1-4H3,(H,21,25). The van der Waals surface area contributed by atoms with E-state index in [1.807, 2.05) is 56.8 Å². The smallest absolute Gasteiger partial charge is 0.264 e. The van der Waals surface area contributed by atoms with Crippen LogP contribution >= 0.6 is 11.6 Å². The van der Waals surface area contributed by atoms with Crippen molar-refractivity contribution in [2.75, 3.05) is 0 Å². The van der Waals surface area contributed by atoms with Crippen molar-refractivity contribution in [2.45, 2.75) is 45.8 Å². The molecule has 0 fully saturated rings. The lowest BCUT2D eigenvalue weighted by Crippen LogP contribution is -2.36. The van der Waals surface area contributed by atoms with Gasteiger partial charge in [-0.15, -0.1) is 0 Å². The minimum absolute atomic E-state index is 0.146. The van der Waals surface area contributed by atoms with E-state index in [4.69, 9.17) is 16.4 Å². The van der Waals surface area contributed by atoms with Crippen LogP contribution < -0.4 is 5.32 Å². The maximum atomic E-state index is 12.6. The van der Waals surface area contributed by atoms with Crippen molar-refractivity contribution >= 4 is 23.2 Å². The van der Waals surface area contributed by atoms with Gasteiger partial charge in [-0.25, -0.2) is 0 Å². The largest absolute Gasteiger partial charge is 0.382 e. The number of nitrogens with one attached hydrogen (secondary N) is 1. The summed E-state index contributed by atoms with van der Waals surface area (Å²) >= 11 is 6.19. The Labute approximate surface area is 158 Å². The van der Waals surface area contributed by atoms with Crippen LogP contribution in [0.1, 0.15) is 41.9 Å². The molecule has 2 heterocycles. The quantitative estimate of drug-likeness (QED) is 0.873. The van der Waals surface area contributed by atoms with Gasteiger partial charge in [0.1, 0.15) is 0 Å². The number of oxime groups is 1. The number of nitrogens with zero attached hydrogens (tertiary/aromatic N) is 3. The Bertz CT molecular complexity index is 859. The zero-order valence-corrected chi connectivity index (χ0v) is 16.2. The van der Waals surface area contributed by atoms with Gasteiger partial charge in [0, 0.05) is 36.2 Å². The number of hydrogen-bond acceptors (Lipinski definition) is 4. The lowest BCUT2D eigenvalue weighted by molar-refractivity contribution is -0.131. The van der Waals surface area contributed by atoms with Crippen molar-refractivity contribution in [3.05, 3.63) is 51.8 Å². The molecule has 0 bridgehead atoms. The van der Waals surface area contributed by atoms with Crippen LogP contribution in [0.15, 0.2) is 29.4 Å². The zero-order valence-electron chi connectivity index (χ0n) is 15.4. The number of aromatic nitrogens is 2. The van der Waals surface area contributed by atoms with E-state index in [-0.39, 0.29) is 11.9 Å². The van der Waals surface area contributed by atoms with Crippen LogP contribution in [0.3, 0.4) is 0 Å². The van der Waals surface area contributed by atoms with Crippen LogP contribution in [0.4, 0.5) is 0 Å². The Balaban J connectivity index is 1.59. The van der Waals surface area contributed by atoms with Gasteiger partial charge in [0.2, 0.25) is 6.10 Å². The minimum atomic E-state index is -0.604. The number of aryl methyl sites for hydroxylation is 2. The van der Waals surface area contributed by atoms with Gasteiger partial charge in [-0.1, -0.05) is 35.0 Å². The Hall–Kier alpha value is -2.34. The van der Waals surface area contributed by atoms with E-state index in [2.05, 4.69) is 15.6 Å². The average molecular weight is 375 g/mol. The van der Waals surface area contributed by atoms with Gasteiger partial charge >= 0.3 is 0 Å².